The maximum atomic E-state index is 13.5. The van der Waals surface area contributed by atoms with Crippen LogP contribution in [0.5, 0.6) is 0 Å². The van der Waals surface area contributed by atoms with E-state index in [1.165, 1.54) is 25.0 Å². The highest BCUT2D eigenvalue weighted by molar-refractivity contribution is 5.88. The van der Waals surface area contributed by atoms with E-state index in [0.717, 1.165) is 12.8 Å². The van der Waals surface area contributed by atoms with Crippen molar-refractivity contribution in [2.75, 3.05) is 5.32 Å². The summed E-state index contributed by atoms with van der Waals surface area (Å²) in [5.41, 5.74) is 0.383. The van der Waals surface area contributed by atoms with Crippen molar-refractivity contribution in [3.63, 3.8) is 0 Å². The van der Waals surface area contributed by atoms with E-state index < -0.39 is 11.8 Å². The first-order valence-electron chi connectivity index (χ1n) is 6.35. The van der Waals surface area contributed by atoms with Crippen molar-refractivity contribution in [2.45, 2.75) is 38.6 Å². The molecule has 0 spiro atoms. The van der Waals surface area contributed by atoms with Gasteiger partial charge in [0, 0.05) is 11.7 Å². The number of nitrogens with one attached hydrogen (secondary N) is 1. The number of carboxylic acid groups (broad SMARTS) is 1. The lowest BCUT2D eigenvalue weighted by atomic mass is 9.87. The molecule has 1 aromatic carbocycles. The number of hydrogen-bond donors (Lipinski definition) is 2. The Balaban J connectivity index is 2.05. The predicted molar refractivity (Wildman–Crippen MR) is 68.4 cm³/mol. The van der Waals surface area contributed by atoms with Crippen molar-refractivity contribution in [3.8, 4) is 0 Å². The Morgan fingerprint density at radius 3 is 2.83 bits per heavy atom. The van der Waals surface area contributed by atoms with Crippen molar-refractivity contribution in [1.82, 2.24) is 0 Å². The van der Waals surface area contributed by atoms with E-state index in [-0.39, 0.29) is 5.56 Å². The first-order valence-corrected chi connectivity index (χ1v) is 6.35. The molecule has 2 atom stereocenters. The maximum absolute atomic E-state index is 13.5. The molecule has 4 heteroatoms. The van der Waals surface area contributed by atoms with Gasteiger partial charge in [-0.25, -0.2) is 9.18 Å². The molecule has 1 saturated carbocycles. The smallest absolute Gasteiger partial charge is 0.338 e. The second-order valence-corrected chi connectivity index (χ2v) is 5.11. The lowest BCUT2D eigenvalue weighted by Gasteiger charge is -2.28. The van der Waals surface area contributed by atoms with Gasteiger partial charge in [-0.1, -0.05) is 19.8 Å². The Kier molecular flexibility index (Phi) is 3.84. The lowest BCUT2D eigenvalue weighted by Crippen LogP contribution is -2.26. The van der Waals surface area contributed by atoms with Gasteiger partial charge >= 0.3 is 5.97 Å². The quantitative estimate of drug-likeness (QED) is 0.864. The molecule has 1 aromatic rings. The van der Waals surface area contributed by atoms with Crippen LogP contribution in [0.1, 0.15) is 43.0 Å². The van der Waals surface area contributed by atoms with Gasteiger partial charge in [0.2, 0.25) is 0 Å². The van der Waals surface area contributed by atoms with Gasteiger partial charge in [-0.05, 0) is 37.0 Å². The van der Waals surface area contributed by atoms with E-state index in [0.29, 0.717) is 17.6 Å². The Morgan fingerprint density at radius 1 is 1.44 bits per heavy atom. The van der Waals surface area contributed by atoms with Crippen LogP contribution in [0.15, 0.2) is 18.2 Å². The molecule has 18 heavy (non-hydrogen) atoms. The number of aromatic carboxylic acids is 1. The zero-order valence-electron chi connectivity index (χ0n) is 10.4. The minimum Gasteiger partial charge on any atom is -0.478 e. The number of halogens is 1. The number of benzene rings is 1. The van der Waals surface area contributed by atoms with Gasteiger partial charge in [0.1, 0.15) is 5.82 Å². The van der Waals surface area contributed by atoms with E-state index >= 15 is 0 Å². The van der Waals surface area contributed by atoms with E-state index in [9.17, 15) is 9.18 Å². The first-order chi connectivity index (χ1) is 8.56. The SMILES string of the molecule is CC1CCCC(Nc2ccc(C(=O)O)c(F)c2)C1. The zero-order valence-corrected chi connectivity index (χ0v) is 10.4. The molecule has 1 aliphatic carbocycles. The molecule has 0 aromatic heterocycles. The fourth-order valence-electron chi connectivity index (χ4n) is 2.58. The summed E-state index contributed by atoms with van der Waals surface area (Å²) in [7, 11) is 0. The zero-order chi connectivity index (χ0) is 13.1. The van der Waals surface area contributed by atoms with E-state index in [1.807, 2.05) is 0 Å². The molecule has 0 amide bonds. The normalized spacial score (nSPS) is 23.7. The molecule has 2 unspecified atom stereocenters. The molecule has 0 saturated heterocycles. The van der Waals surface area contributed by atoms with Crippen LogP contribution in [-0.4, -0.2) is 17.1 Å². The topological polar surface area (TPSA) is 49.3 Å². The molecule has 0 bridgehead atoms. The van der Waals surface area contributed by atoms with Crippen molar-refractivity contribution >= 4 is 11.7 Å². The third-order valence-corrected chi connectivity index (χ3v) is 3.51. The first kappa shape index (κ1) is 12.9. The number of hydrogen-bond acceptors (Lipinski definition) is 2. The number of rotatable bonds is 3. The van der Waals surface area contributed by atoms with Gasteiger partial charge in [0.25, 0.3) is 0 Å². The van der Waals surface area contributed by atoms with Crippen LogP contribution in [-0.2, 0) is 0 Å². The third kappa shape index (κ3) is 3.00. The van der Waals surface area contributed by atoms with Gasteiger partial charge < -0.3 is 10.4 Å². The van der Waals surface area contributed by atoms with Gasteiger partial charge in [-0.3, -0.25) is 0 Å². The van der Waals surface area contributed by atoms with Gasteiger partial charge in [0.15, 0.2) is 0 Å². The van der Waals surface area contributed by atoms with Gasteiger partial charge in [-0.15, -0.1) is 0 Å². The molecule has 3 nitrogen and oxygen atoms in total. The van der Waals surface area contributed by atoms with Crippen LogP contribution in [0, 0.1) is 11.7 Å². The Labute approximate surface area is 106 Å². The van der Waals surface area contributed by atoms with Gasteiger partial charge in [0.05, 0.1) is 5.56 Å². The summed E-state index contributed by atoms with van der Waals surface area (Å²) >= 11 is 0. The molecule has 98 valence electrons. The summed E-state index contributed by atoms with van der Waals surface area (Å²) < 4.78 is 13.5. The van der Waals surface area contributed by atoms with Gasteiger partial charge in [-0.2, -0.15) is 0 Å². The van der Waals surface area contributed by atoms with Crippen LogP contribution in [0.4, 0.5) is 10.1 Å². The van der Waals surface area contributed by atoms with Crippen LogP contribution < -0.4 is 5.32 Å². The average molecular weight is 251 g/mol. The standard InChI is InChI=1S/C14H18FNO2/c1-9-3-2-4-10(7-9)16-11-5-6-12(14(17)18)13(15)8-11/h5-6,8-10,16H,2-4,7H2,1H3,(H,17,18). The monoisotopic (exact) mass is 251 g/mol. The molecule has 0 radical (unpaired) electrons. The fraction of sp³-hybridized carbons (Fsp3) is 0.500. The number of carbonyl (C=O) groups is 1. The highest BCUT2D eigenvalue weighted by Gasteiger charge is 2.19. The second kappa shape index (κ2) is 5.38. The van der Waals surface area contributed by atoms with Crippen LogP contribution in [0.25, 0.3) is 0 Å². The Hall–Kier alpha value is -1.58. The van der Waals surface area contributed by atoms with E-state index in [4.69, 9.17) is 5.11 Å². The summed E-state index contributed by atoms with van der Waals surface area (Å²) in [5, 5.41) is 12.0. The average Bonchev–Trinajstić information content (AvgIpc) is 2.28. The highest BCUT2D eigenvalue weighted by Crippen LogP contribution is 2.26. The number of carboxylic acids is 1. The number of anilines is 1. The second-order valence-electron chi connectivity index (χ2n) is 5.11. The molecular weight excluding hydrogens is 233 g/mol. The minimum atomic E-state index is -1.23. The van der Waals surface area contributed by atoms with E-state index in [1.54, 1.807) is 6.07 Å². The summed E-state index contributed by atoms with van der Waals surface area (Å²) in [4.78, 5) is 10.7. The van der Waals surface area contributed by atoms with Crippen molar-refractivity contribution in [2.24, 2.45) is 5.92 Å². The molecule has 1 aliphatic rings. The molecule has 1 fully saturated rings. The predicted octanol–water partition coefficient (Wildman–Crippen LogP) is 3.51. The molecule has 2 rings (SSSR count). The summed E-state index contributed by atoms with van der Waals surface area (Å²) in [6.45, 7) is 2.22. The van der Waals surface area contributed by atoms with Crippen molar-refractivity contribution in [3.05, 3.63) is 29.6 Å². The third-order valence-electron chi connectivity index (χ3n) is 3.51. The largest absolute Gasteiger partial charge is 0.478 e. The summed E-state index contributed by atoms with van der Waals surface area (Å²) in [5.74, 6) is -1.22. The van der Waals surface area contributed by atoms with Crippen molar-refractivity contribution < 1.29 is 14.3 Å². The summed E-state index contributed by atoms with van der Waals surface area (Å²) in [6.07, 6.45) is 4.62. The lowest BCUT2D eigenvalue weighted by molar-refractivity contribution is 0.0692. The van der Waals surface area contributed by atoms with E-state index in [2.05, 4.69) is 12.2 Å². The van der Waals surface area contributed by atoms with Crippen LogP contribution in [0.2, 0.25) is 0 Å². The van der Waals surface area contributed by atoms with Crippen LogP contribution in [0.3, 0.4) is 0 Å². The molecule has 2 N–H and O–H groups in total. The fourth-order valence-corrected chi connectivity index (χ4v) is 2.58. The summed E-state index contributed by atoms with van der Waals surface area (Å²) in [6, 6.07) is 4.57. The Bertz CT molecular complexity index is 447. The van der Waals surface area contributed by atoms with Crippen molar-refractivity contribution in [1.29, 1.82) is 0 Å². The molecular formula is C14H18FNO2. The highest BCUT2D eigenvalue weighted by atomic mass is 19.1. The van der Waals surface area contributed by atoms with Crippen LogP contribution >= 0.6 is 0 Å². The Morgan fingerprint density at radius 2 is 2.22 bits per heavy atom. The molecule has 0 aliphatic heterocycles. The minimum absolute atomic E-state index is 0.280. The molecule has 0 heterocycles. The maximum Gasteiger partial charge on any atom is 0.338 e.